The van der Waals surface area contributed by atoms with Gasteiger partial charge in [0.2, 0.25) is 8.32 Å². The van der Waals surface area contributed by atoms with E-state index in [1.165, 1.54) is 10.8 Å². The Kier molecular flexibility index (Phi) is 5.39. The lowest BCUT2D eigenvalue weighted by molar-refractivity contribution is 0.333. The van der Waals surface area contributed by atoms with E-state index in [1.807, 2.05) is 12.2 Å². The van der Waals surface area contributed by atoms with Crippen LogP contribution in [0.1, 0.15) is 12.5 Å². The molecule has 0 aliphatic rings. The summed E-state index contributed by atoms with van der Waals surface area (Å²) in [7, 11) is -1.93. The average Bonchev–Trinajstić information content (AvgIpc) is 2.30. The van der Waals surface area contributed by atoms with Crippen LogP contribution in [0.5, 0.6) is 0 Å². The zero-order valence-corrected chi connectivity index (χ0v) is 11.9. The molecule has 0 aliphatic heterocycles. The van der Waals surface area contributed by atoms with E-state index >= 15 is 0 Å². The lowest BCUT2D eigenvalue weighted by Gasteiger charge is -2.29. The molecule has 0 atom stereocenters. The van der Waals surface area contributed by atoms with Crippen molar-refractivity contribution < 1.29 is 4.43 Å². The molecular formula is C15H22OSi. The highest BCUT2D eigenvalue weighted by atomic mass is 28.4. The van der Waals surface area contributed by atoms with Gasteiger partial charge in [0, 0.05) is 6.61 Å². The van der Waals surface area contributed by atoms with E-state index in [4.69, 9.17) is 4.43 Å². The van der Waals surface area contributed by atoms with Crippen LogP contribution in [-0.4, -0.2) is 14.9 Å². The van der Waals surface area contributed by atoms with E-state index in [9.17, 15) is 0 Å². The van der Waals surface area contributed by atoms with Crippen LogP contribution in [0.15, 0.2) is 49.6 Å². The van der Waals surface area contributed by atoms with Gasteiger partial charge in [-0.25, -0.2) is 0 Å². The molecule has 0 radical (unpaired) electrons. The van der Waals surface area contributed by atoms with Gasteiger partial charge in [-0.15, -0.1) is 13.2 Å². The second-order valence-corrected chi connectivity index (χ2v) is 7.95. The second-order valence-electron chi connectivity index (χ2n) is 4.28. The van der Waals surface area contributed by atoms with E-state index in [2.05, 4.69) is 51.3 Å². The van der Waals surface area contributed by atoms with Crippen molar-refractivity contribution >= 4 is 13.5 Å². The molecule has 2 heteroatoms. The summed E-state index contributed by atoms with van der Waals surface area (Å²) in [5.41, 5.74) is 1.28. The first-order valence-corrected chi connectivity index (χ1v) is 8.43. The molecule has 0 unspecified atom stereocenters. The molecule has 0 amide bonds. The lowest BCUT2D eigenvalue weighted by atomic mass is 10.2. The third-order valence-corrected chi connectivity index (χ3v) is 7.07. The highest BCUT2D eigenvalue weighted by molar-refractivity contribution is 6.87. The molecule has 1 aromatic carbocycles. The molecule has 92 valence electrons. The van der Waals surface area contributed by atoms with Crippen LogP contribution in [0.25, 0.3) is 0 Å². The number of hydrogen-bond acceptors (Lipinski definition) is 1. The van der Waals surface area contributed by atoms with Crippen molar-refractivity contribution in [2.45, 2.75) is 25.9 Å². The maximum absolute atomic E-state index is 6.13. The van der Waals surface area contributed by atoms with Crippen molar-refractivity contribution in [3.63, 3.8) is 0 Å². The van der Waals surface area contributed by atoms with Gasteiger partial charge < -0.3 is 4.43 Å². The molecule has 0 saturated carbocycles. The molecular weight excluding hydrogens is 224 g/mol. The first-order chi connectivity index (χ1) is 8.18. The van der Waals surface area contributed by atoms with Gasteiger partial charge in [-0.1, -0.05) is 42.0 Å². The number of benzene rings is 1. The molecule has 1 rings (SSSR count). The molecule has 0 fully saturated rings. The first-order valence-electron chi connectivity index (χ1n) is 6.11. The zero-order valence-electron chi connectivity index (χ0n) is 10.9. The average molecular weight is 246 g/mol. The van der Waals surface area contributed by atoms with E-state index in [0.717, 1.165) is 18.7 Å². The molecule has 0 saturated heterocycles. The summed E-state index contributed by atoms with van der Waals surface area (Å²) in [6.45, 7) is 12.7. The molecule has 0 bridgehead atoms. The summed E-state index contributed by atoms with van der Waals surface area (Å²) in [5.74, 6) is 0. The monoisotopic (exact) mass is 246 g/mol. The van der Waals surface area contributed by atoms with E-state index in [1.54, 1.807) is 0 Å². The fourth-order valence-corrected chi connectivity index (χ4v) is 5.42. The Bertz CT molecular complexity index is 357. The number of rotatable bonds is 7. The van der Waals surface area contributed by atoms with Gasteiger partial charge in [0.15, 0.2) is 0 Å². The van der Waals surface area contributed by atoms with E-state index in [-0.39, 0.29) is 0 Å². The van der Waals surface area contributed by atoms with Crippen molar-refractivity contribution in [1.82, 2.24) is 0 Å². The number of hydrogen-bond donors (Lipinski definition) is 0. The number of allylic oxidation sites excluding steroid dienone is 2. The SMILES string of the molecule is C=CC[Si](CC=C)(OCC)c1ccc(C)cc1. The maximum atomic E-state index is 6.13. The quantitative estimate of drug-likeness (QED) is 0.528. The number of aryl methyl sites for hydroxylation is 1. The Morgan fingerprint density at radius 1 is 1.12 bits per heavy atom. The third kappa shape index (κ3) is 3.41. The molecule has 1 nitrogen and oxygen atoms in total. The van der Waals surface area contributed by atoms with Crippen LogP contribution in [0.3, 0.4) is 0 Å². The topological polar surface area (TPSA) is 9.23 Å². The minimum absolute atomic E-state index is 0.752. The van der Waals surface area contributed by atoms with Crippen LogP contribution in [0.2, 0.25) is 12.1 Å². The fourth-order valence-electron chi connectivity index (χ4n) is 2.12. The van der Waals surface area contributed by atoms with Crippen molar-refractivity contribution in [1.29, 1.82) is 0 Å². The van der Waals surface area contributed by atoms with Crippen molar-refractivity contribution in [3.8, 4) is 0 Å². The molecule has 0 spiro atoms. The van der Waals surface area contributed by atoms with Crippen LogP contribution >= 0.6 is 0 Å². The highest BCUT2D eigenvalue weighted by Crippen LogP contribution is 2.19. The highest BCUT2D eigenvalue weighted by Gasteiger charge is 2.34. The van der Waals surface area contributed by atoms with Crippen molar-refractivity contribution in [2.24, 2.45) is 0 Å². The van der Waals surface area contributed by atoms with Gasteiger partial charge in [0.05, 0.1) is 0 Å². The first kappa shape index (κ1) is 13.9. The standard InChI is InChI=1S/C15H22OSi/c1-5-12-17(13-6-2,16-7-3)15-10-8-14(4)9-11-15/h5-6,8-11H,1-2,7,12-13H2,3-4H3. The summed E-state index contributed by atoms with van der Waals surface area (Å²) in [5, 5.41) is 1.34. The lowest BCUT2D eigenvalue weighted by Crippen LogP contribution is -2.50. The third-order valence-electron chi connectivity index (χ3n) is 2.95. The van der Waals surface area contributed by atoms with Crippen molar-refractivity contribution in [3.05, 3.63) is 55.1 Å². The Balaban J connectivity index is 3.13. The summed E-state index contributed by atoms with van der Waals surface area (Å²) in [4.78, 5) is 0. The van der Waals surface area contributed by atoms with Crippen LogP contribution in [0.4, 0.5) is 0 Å². The molecule has 0 N–H and O–H groups in total. The molecule has 0 aromatic heterocycles. The fraction of sp³-hybridized carbons (Fsp3) is 0.333. The van der Waals surface area contributed by atoms with Crippen molar-refractivity contribution in [2.75, 3.05) is 6.61 Å². The van der Waals surface area contributed by atoms with Gasteiger partial charge in [-0.05, 0) is 31.1 Å². The predicted octanol–water partition coefficient (Wildman–Crippen LogP) is 3.56. The Labute approximate surface area is 106 Å². The smallest absolute Gasteiger partial charge is 0.231 e. The predicted molar refractivity (Wildman–Crippen MR) is 78.2 cm³/mol. The zero-order chi connectivity index (χ0) is 12.7. The van der Waals surface area contributed by atoms with E-state index in [0.29, 0.717) is 0 Å². The van der Waals surface area contributed by atoms with Gasteiger partial charge in [0.1, 0.15) is 0 Å². The van der Waals surface area contributed by atoms with Gasteiger partial charge >= 0.3 is 0 Å². The summed E-state index contributed by atoms with van der Waals surface area (Å²) in [6.07, 6.45) is 3.95. The summed E-state index contributed by atoms with van der Waals surface area (Å²) in [6, 6.07) is 10.6. The van der Waals surface area contributed by atoms with Gasteiger partial charge in [0.25, 0.3) is 0 Å². The normalized spacial score (nSPS) is 11.2. The molecule has 0 heterocycles. The molecule has 1 aromatic rings. The Hall–Kier alpha value is -1.12. The van der Waals surface area contributed by atoms with E-state index < -0.39 is 8.32 Å². The second kappa shape index (κ2) is 6.57. The molecule has 17 heavy (non-hydrogen) atoms. The minimum atomic E-state index is -1.93. The van der Waals surface area contributed by atoms with Gasteiger partial charge in [-0.2, -0.15) is 0 Å². The Morgan fingerprint density at radius 3 is 2.06 bits per heavy atom. The largest absolute Gasteiger partial charge is 0.412 e. The minimum Gasteiger partial charge on any atom is -0.412 e. The maximum Gasteiger partial charge on any atom is 0.231 e. The summed E-state index contributed by atoms with van der Waals surface area (Å²) < 4.78 is 6.13. The van der Waals surface area contributed by atoms with Crippen LogP contribution < -0.4 is 5.19 Å². The summed E-state index contributed by atoms with van der Waals surface area (Å²) >= 11 is 0. The Morgan fingerprint density at radius 2 is 1.65 bits per heavy atom. The van der Waals surface area contributed by atoms with Gasteiger partial charge in [-0.3, -0.25) is 0 Å². The van der Waals surface area contributed by atoms with Crippen LogP contribution in [-0.2, 0) is 4.43 Å². The van der Waals surface area contributed by atoms with Crippen LogP contribution in [0, 0.1) is 6.92 Å². The molecule has 0 aliphatic carbocycles.